The highest BCUT2D eigenvalue weighted by atomic mass is 19.3. The molecule has 0 bridgehead atoms. The minimum Gasteiger partial charge on any atom is -0.346 e. The van der Waals surface area contributed by atoms with Gasteiger partial charge in [0.15, 0.2) is 0 Å². The summed E-state index contributed by atoms with van der Waals surface area (Å²) in [5, 5.41) is 11.8. The lowest BCUT2D eigenvalue weighted by atomic mass is 9.86. The molecule has 2 aromatic rings. The Labute approximate surface area is 186 Å². The van der Waals surface area contributed by atoms with E-state index in [4.69, 9.17) is 5.26 Å². The van der Waals surface area contributed by atoms with Crippen molar-refractivity contribution in [3.8, 4) is 6.07 Å². The number of nitrogens with one attached hydrogen (secondary N) is 1. The fourth-order valence-electron chi connectivity index (χ4n) is 4.49. The van der Waals surface area contributed by atoms with Crippen LogP contribution in [0.4, 0.5) is 14.5 Å². The van der Waals surface area contributed by atoms with Crippen molar-refractivity contribution in [3.63, 3.8) is 0 Å². The molecule has 1 aliphatic heterocycles. The third-order valence-corrected chi connectivity index (χ3v) is 6.46. The number of carbonyl (C=O) groups excluding carboxylic acids is 2. The molecular formula is C25H25F2N3O2. The van der Waals surface area contributed by atoms with Gasteiger partial charge in [-0.2, -0.15) is 5.26 Å². The maximum absolute atomic E-state index is 13.4. The van der Waals surface area contributed by atoms with Crippen LogP contribution in [0, 0.1) is 17.2 Å². The Balaban J connectivity index is 1.42. The molecule has 1 aliphatic carbocycles. The summed E-state index contributed by atoms with van der Waals surface area (Å²) in [4.78, 5) is 27.2. The van der Waals surface area contributed by atoms with Gasteiger partial charge in [0.25, 0.3) is 5.91 Å². The standard InChI is InChI=1S/C25H25F2N3O2/c1-16(29-23(31)18-4-2-17(15-28)3-5-18)20-6-7-22-21(14-20)10-13-30(22)24(32)19-8-11-25(26,27)12-9-19/h2-7,14,16,19H,8-13H2,1H3,(H,29,31). The zero-order valence-corrected chi connectivity index (χ0v) is 17.9. The first-order valence-corrected chi connectivity index (χ1v) is 10.9. The molecule has 0 spiro atoms. The summed E-state index contributed by atoms with van der Waals surface area (Å²) in [5.74, 6) is -3.28. The summed E-state index contributed by atoms with van der Waals surface area (Å²) in [5.41, 5.74) is 3.76. The second-order valence-electron chi connectivity index (χ2n) is 8.64. The molecule has 0 aromatic heterocycles. The van der Waals surface area contributed by atoms with Crippen molar-refractivity contribution in [2.45, 2.75) is 51.0 Å². The Bertz CT molecular complexity index is 1070. The average molecular weight is 437 g/mol. The van der Waals surface area contributed by atoms with Crippen molar-refractivity contribution >= 4 is 17.5 Å². The number of fused-ring (bicyclic) bond motifs is 1. The highest BCUT2D eigenvalue weighted by Crippen LogP contribution is 2.39. The number of nitrogens with zero attached hydrogens (tertiary/aromatic N) is 2. The van der Waals surface area contributed by atoms with E-state index in [0.717, 1.165) is 16.8 Å². The number of anilines is 1. The number of benzene rings is 2. The van der Waals surface area contributed by atoms with Gasteiger partial charge in [0, 0.05) is 36.6 Å². The van der Waals surface area contributed by atoms with Gasteiger partial charge in [0.05, 0.1) is 17.7 Å². The van der Waals surface area contributed by atoms with Crippen LogP contribution in [0.1, 0.15) is 65.7 Å². The summed E-state index contributed by atoms with van der Waals surface area (Å²) < 4.78 is 26.9. The van der Waals surface area contributed by atoms with Gasteiger partial charge in [-0.05, 0) is 67.6 Å². The van der Waals surface area contributed by atoms with E-state index in [1.54, 1.807) is 29.2 Å². The number of nitriles is 1. The zero-order chi connectivity index (χ0) is 22.9. The Hall–Kier alpha value is -3.27. The number of alkyl halides is 2. The first-order chi connectivity index (χ1) is 15.3. The van der Waals surface area contributed by atoms with E-state index in [-0.39, 0.29) is 49.5 Å². The van der Waals surface area contributed by atoms with Gasteiger partial charge in [0.1, 0.15) is 0 Å². The van der Waals surface area contributed by atoms with Crippen LogP contribution in [0.2, 0.25) is 0 Å². The lowest BCUT2D eigenvalue weighted by Gasteiger charge is -2.30. The number of hydrogen-bond donors (Lipinski definition) is 1. The first kappa shape index (κ1) is 21.9. The maximum Gasteiger partial charge on any atom is 0.251 e. The third kappa shape index (κ3) is 4.50. The van der Waals surface area contributed by atoms with E-state index >= 15 is 0 Å². The second-order valence-corrected chi connectivity index (χ2v) is 8.64. The van der Waals surface area contributed by atoms with Gasteiger partial charge < -0.3 is 10.2 Å². The topological polar surface area (TPSA) is 73.2 Å². The molecule has 2 amide bonds. The minimum atomic E-state index is -2.65. The number of rotatable bonds is 4. The predicted octanol–water partition coefficient (Wildman–Crippen LogP) is 4.76. The molecule has 166 valence electrons. The van der Waals surface area contributed by atoms with Crippen LogP contribution < -0.4 is 10.2 Å². The molecule has 1 unspecified atom stereocenters. The highest BCUT2D eigenvalue weighted by Gasteiger charge is 2.39. The lowest BCUT2D eigenvalue weighted by Crippen LogP contribution is -2.38. The van der Waals surface area contributed by atoms with Gasteiger partial charge in [0.2, 0.25) is 11.8 Å². The SMILES string of the molecule is CC(NC(=O)c1ccc(C#N)cc1)c1ccc2c(c1)CCN2C(=O)C1CCC(F)(F)CC1. The Morgan fingerprint density at radius 1 is 1.16 bits per heavy atom. The van der Waals surface area contributed by atoms with Crippen LogP contribution in [-0.2, 0) is 11.2 Å². The minimum absolute atomic E-state index is 0.0610. The maximum atomic E-state index is 13.4. The smallest absolute Gasteiger partial charge is 0.251 e. The molecule has 1 atom stereocenters. The number of carbonyl (C=O) groups is 2. The number of halogens is 2. The fraction of sp³-hybridized carbons (Fsp3) is 0.400. The molecule has 1 N–H and O–H groups in total. The summed E-state index contributed by atoms with van der Waals surface area (Å²) in [6.45, 7) is 2.44. The largest absolute Gasteiger partial charge is 0.346 e. The molecule has 5 nitrogen and oxygen atoms in total. The van der Waals surface area contributed by atoms with Crippen molar-refractivity contribution in [3.05, 3.63) is 64.7 Å². The Morgan fingerprint density at radius 3 is 2.50 bits per heavy atom. The Morgan fingerprint density at radius 2 is 1.84 bits per heavy atom. The second kappa shape index (κ2) is 8.70. The van der Waals surface area contributed by atoms with Crippen LogP contribution in [-0.4, -0.2) is 24.3 Å². The predicted molar refractivity (Wildman–Crippen MR) is 116 cm³/mol. The van der Waals surface area contributed by atoms with Crippen molar-refractivity contribution in [2.24, 2.45) is 5.92 Å². The quantitative estimate of drug-likeness (QED) is 0.749. The molecule has 0 saturated heterocycles. The normalized spacial score (nSPS) is 18.5. The molecule has 1 fully saturated rings. The van der Waals surface area contributed by atoms with E-state index in [0.29, 0.717) is 24.1 Å². The first-order valence-electron chi connectivity index (χ1n) is 10.9. The van der Waals surface area contributed by atoms with Gasteiger partial charge >= 0.3 is 0 Å². The van der Waals surface area contributed by atoms with Crippen molar-refractivity contribution in [1.29, 1.82) is 5.26 Å². The van der Waals surface area contributed by atoms with Crippen molar-refractivity contribution in [2.75, 3.05) is 11.4 Å². The molecule has 32 heavy (non-hydrogen) atoms. The fourth-order valence-corrected chi connectivity index (χ4v) is 4.49. The summed E-state index contributed by atoms with van der Waals surface area (Å²) in [6, 6.07) is 14.0. The van der Waals surface area contributed by atoms with Crippen LogP contribution in [0.15, 0.2) is 42.5 Å². The molecule has 7 heteroatoms. The van der Waals surface area contributed by atoms with E-state index in [1.165, 1.54) is 0 Å². The zero-order valence-electron chi connectivity index (χ0n) is 17.9. The molecular weight excluding hydrogens is 412 g/mol. The van der Waals surface area contributed by atoms with E-state index in [1.807, 2.05) is 31.2 Å². The monoisotopic (exact) mass is 437 g/mol. The number of hydrogen-bond acceptors (Lipinski definition) is 3. The molecule has 2 aromatic carbocycles. The van der Waals surface area contributed by atoms with Crippen LogP contribution in [0.25, 0.3) is 0 Å². The molecule has 4 rings (SSSR count). The van der Waals surface area contributed by atoms with Crippen molar-refractivity contribution < 1.29 is 18.4 Å². The summed E-state index contributed by atoms with van der Waals surface area (Å²) >= 11 is 0. The van der Waals surface area contributed by atoms with Crippen molar-refractivity contribution in [1.82, 2.24) is 5.32 Å². The van der Waals surface area contributed by atoms with Gasteiger partial charge in [-0.15, -0.1) is 0 Å². The molecule has 1 heterocycles. The van der Waals surface area contributed by atoms with E-state index in [2.05, 4.69) is 5.32 Å². The molecule has 2 aliphatic rings. The Kier molecular flexibility index (Phi) is 5.96. The average Bonchev–Trinajstić information content (AvgIpc) is 3.22. The van der Waals surface area contributed by atoms with Gasteiger partial charge in [-0.3, -0.25) is 9.59 Å². The third-order valence-electron chi connectivity index (χ3n) is 6.46. The van der Waals surface area contributed by atoms with Gasteiger partial charge in [-0.25, -0.2) is 8.78 Å². The van der Waals surface area contributed by atoms with Crippen LogP contribution in [0.5, 0.6) is 0 Å². The molecule has 0 radical (unpaired) electrons. The molecule has 1 saturated carbocycles. The lowest BCUT2D eigenvalue weighted by molar-refractivity contribution is -0.126. The number of amides is 2. The van der Waals surface area contributed by atoms with Gasteiger partial charge in [-0.1, -0.05) is 12.1 Å². The highest BCUT2D eigenvalue weighted by molar-refractivity contribution is 5.97. The van der Waals surface area contributed by atoms with E-state index < -0.39 is 5.92 Å². The summed E-state index contributed by atoms with van der Waals surface area (Å²) in [7, 11) is 0. The summed E-state index contributed by atoms with van der Waals surface area (Å²) in [6.07, 6.45) is 0.718. The van der Waals surface area contributed by atoms with Crippen LogP contribution in [0.3, 0.4) is 0 Å². The van der Waals surface area contributed by atoms with E-state index in [9.17, 15) is 18.4 Å². The van der Waals surface area contributed by atoms with Crippen LogP contribution >= 0.6 is 0 Å².